The van der Waals surface area contributed by atoms with Crippen LogP contribution in [0.3, 0.4) is 0 Å². The van der Waals surface area contributed by atoms with E-state index in [2.05, 4.69) is 5.32 Å². The summed E-state index contributed by atoms with van der Waals surface area (Å²) in [5, 5.41) is 3.05. The number of rotatable bonds is 7. The molecule has 9 heteroatoms. The first kappa shape index (κ1) is 22.0. The fraction of sp³-hybridized carbons (Fsp3) is 0.316. The SMILES string of the molecule is COc1ccc(Cl)cc1N([C@@H](C)C(=O)N[C@@H](C)c1ccc(F)cc1)S(C)(=O)=O. The number of amides is 1. The topological polar surface area (TPSA) is 75.7 Å². The van der Waals surface area contributed by atoms with Crippen molar-refractivity contribution in [3.05, 3.63) is 58.9 Å². The molecule has 1 amide bonds. The van der Waals surface area contributed by atoms with E-state index in [0.29, 0.717) is 10.6 Å². The van der Waals surface area contributed by atoms with Crippen molar-refractivity contribution in [3.8, 4) is 5.75 Å². The molecule has 2 atom stereocenters. The lowest BCUT2D eigenvalue weighted by atomic mass is 10.1. The van der Waals surface area contributed by atoms with Crippen LogP contribution in [0.1, 0.15) is 25.5 Å². The molecule has 0 fully saturated rings. The number of hydrogen-bond donors (Lipinski definition) is 1. The Hall–Kier alpha value is -2.32. The molecule has 28 heavy (non-hydrogen) atoms. The average Bonchev–Trinajstić information content (AvgIpc) is 2.61. The van der Waals surface area contributed by atoms with Gasteiger partial charge in [0.05, 0.1) is 25.1 Å². The van der Waals surface area contributed by atoms with Crippen molar-refractivity contribution in [2.45, 2.75) is 25.9 Å². The quantitative estimate of drug-likeness (QED) is 0.732. The van der Waals surface area contributed by atoms with Crippen LogP contribution in [0.2, 0.25) is 5.02 Å². The highest BCUT2D eigenvalue weighted by atomic mass is 35.5. The molecule has 1 N–H and O–H groups in total. The maximum absolute atomic E-state index is 13.1. The van der Waals surface area contributed by atoms with E-state index < -0.39 is 28.0 Å². The van der Waals surface area contributed by atoms with Crippen LogP contribution >= 0.6 is 11.6 Å². The van der Waals surface area contributed by atoms with Gasteiger partial charge >= 0.3 is 0 Å². The van der Waals surface area contributed by atoms with Gasteiger partial charge < -0.3 is 10.1 Å². The Kier molecular flexibility index (Phi) is 6.90. The first-order chi connectivity index (χ1) is 13.0. The van der Waals surface area contributed by atoms with Crippen molar-refractivity contribution in [3.63, 3.8) is 0 Å². The second-order valence-electron chi connectivity index (χ2n) is 6.33. The van der Waals surface area contributed by atoms with Crippen molar-refractivity contribution in [2.24, 2.45) is 0 Å². The van der Waals surface area contributed by atoms with Crippen molar-refractivity contribution < 1.29 is 22.3 Å². The van der Waals surface area contributed by atoms with E-state index in [1.165, 1.54) is 38.3 Å². The van der Waals surface area contributed by atoms with Gasteiger partial charge in [0.15, 0.2) is 0 Å². The summed E-state index contributed by atoms with van der Waals surface area (Å²) in [6.07, 6.45) is 1.00. The van der Waals surface area contributed by atoms with Crippen LogP contribution < -0.4 is 14.4 Å². The van der Waals surface area contributed by atoms with Gasteiger partial charge in [0, 0.05) is 5.02 Å². The summed E-state index contributed by atoms with van der Waals surface area (Å²) in [4.78, 5) is 12.8. The predicted molar refractivity (Wildman–Crippen MR) is 108 cm³/mol. The van der Waals surface area contributed by atoms with Crippen LogP contribution in [0, 0.1) is 5.82 Å². The molecule has 0 saturated carbocycles. The summed E-state index contributed by atoms with van der Waals surface area (Å²) in [6.45, 7) is 3.19. The smallest absolute Gasteiger partial charge is 0.244 e. The fourth-order valence-corrected chi connectivity index (χ4v) is 4.12. The van der Waals surface area contributed by atoms with Crippen molar-refractivity contribution in [2.75, 3.05) is 17.7 Å². The van der Waals surface area contributed by atoms with E-state index >= 15 is 0 Å². The first-order valence-electron chi connectivity index (χ1n) is 8.43. The van der Waals surface area contributed by atoms with Crippen LogP contribution in [0.25, 0.3) is 0 Å². The first-order valence-corrected chi connectivity index (χ1v) is 10.7. The number of hydrogen-bond acceptors (Lipinski definition) is 4. The lowest BCUT2D eigenvalue weighted by Crippen LogP contribution is -2.48. The number of nitrogens with one attached hydrogen (secondary N) is 1. The number of benzene rings is 2. The third-order valence-corrected chi connectivity index (χ3v) is 5.66. The molecule has 152 valence electrons. The monoisotopic (exact) mass is 428 g/mol. The standard InChI is InChI=1S/C19H22ClFN2O4S/c1-12(14-5-8-16(21)9-6-14)22-19(24)13(2)23(28(4,25)26)17-11-15(20)7-10-18(17)27-3/h5-13H,1-4H3,(H,22,24)/t12-,13-/m0/s1. The minimum absolute atomic E-state index is 0.162. The Morgan fingerprint density at radius 3 is 2.32 bits per heavy atom. The largest absolute Gasteiger partial charge is 0.495 e. The molecule has 0 aliphatic rings. The third-order valence-electron chi connectivity index (χ3n) is 4.20. The number of sulfonamides is 1. The molecule has 0 heterocycles. The second kappa shape index (κ2) is 8.79. The second-order valence-corrected chi connectivity index (χ2v) is 8.63. The van der Waals surface area contributed by atoms with E-state index in [1.807, 2.05) is 0 Å². The van der Waals surface area contributed by atoms with Crippen LogP contribution in [0.15, 0.2) is 42.5 Å². The van der Waals surface area contributed by atoms with Gasteiger partial charge in [-0.25, -0.2) is 12.8 Å². The number of carbonyl (C=O) groups excluding carboxylic acids is 1. The van der Waals surface area contributed by atoms with Gasteiger partial charge in [0.2, 0.25) is 15.9 Å². The highest BCUT2D eigenvalue weighted by molar-refractivity contribution is 7.92. The van der Waals surface area contributed by atoms with E-state index in [9.17, 15) is 17.6 Å². The third kappa shape index (κ3) is 5.14. The van der Waals surface area contributed by atoms with Crippen molar-refractivity contribution in [1.82, 2.24) is 5.32 Å². The Balaban J connectivity index is 2.33. The summed E-state index contributed by atoms with van der Waals surface area (Å²) in [6, 6.07) is 8.69. The number of ether oxygens (including phenoxy) is 1. The van der Waals surface area contributed by atoms with Crippen LogP contribution in [0.5, 0.6) is 5.75 Å². The number of methoxy groups -OCH3 is 1. The van der Waals surface area contributed by atoms with Crippen molar-refractivity contribution in [1.29, 1.82) is 0 Å². The minimum atomic E-state index is -3.83. The van der Waals surface area contributed by atoms with E-state index in [4.69, 9.17) is 16.3 Å². The lowest BCUT2D eigenvalue weighted by molar-refractivity contribution is -0.122. The van der Waals surface area contributed by atoms with Crippen LogP contribution in [0.4, 0.5) is 10.1 Å². The van der Waals surface area contributed by atoms with Gasteiger partial charge in [-0.05, 0) is 49.7 Å². The van der Waals surface area contributed by atoms with Gasteiger partial charge in [-0.3, -0.25) is 9.10 Å². The Labute approximate surface area is 169 Å². The Morgan fingerprint density at radius 2 is 1.79 bits per heavy atom. The zero-order chi connectivity index (χ0) is 21.1. The van der Waals surface area contributed by atoms with Gasteiger partial charge in [0.25, 0.3) is 0 Å². The average molecular weight is 429 g/mol. The number of halogens is 2. The molecule has 2 aromatic rings. The van der Waals surface area contributed by atoms with Gasteiger partial charge in [-0.15, -0.1) is 0 Å². The molecule has 0 spiro atoms. The molecule has 0 radical (unpaired) electrons. The predicted octanol–water partition coefficient (Wildman–Crippen LogP) is 3.52. The summed E-state index contributed by atoms with van der Waals surface area (Å²) in [7, 11) is -2.44. The normalized spacial score (nSPS) is 13.5. The zero-order valence-electron chi connectivity index (χ0n) is 15.9. The summed E-state index contributed by atoms with van der Waals surface area (Å²) in [5.74, 6) is -0.641. The van der Waals surface area contributed by atoms with Gasteiger partial charge in [-0.1, -0.05) is 23.7 Å². The molecule has 0 unspecified atom stereocenters. The Bertz CT molecular complexity index is 951. The molecule has 6 nitrogen and oxygen atoms in total. The molecular weight excluding hydrogens is 407 g/mol. The maximum Gasteiger partial charge on any atom is 0.244 e. The summed E-state index contributed by atoms with van der Waals surface area (Å²) < 4.78 is 44.2. The molecule has 2 rings (SSSR count). The maximum atomic E-state index is 13.1. The molecular formula is C19H22ClFN2O4S. The number of nitrogens with zero attached hydrogens (tertiary/aromatic N) is 1. The number of anilines is 1. The molecule has 0 aliphatic carbocycles. The molecule has 0 bridgehead atoms. The summed E-state index contributed by atoms with van der Waals surface area (Å²) in [5.41, 5.74) is 0.850. The number of carbonyl (C=O) groups is 1. The zero-order valence-corrected chi connectivity index (χ0v) is 17.5. The van der Waals surface area contributed by atoms with Crippen molar-refractivity contribution >= 4 is 33.2 Å². The lowest BCUT2D eigenvalue weighted by Gasteiger charge is -2.30. The van der Waals surface area contributed by atoms with Gasteiger partial charge in [-0.2, -0.15) is 0 Å². The fourth-order valence-electron chi connectivity index (χ4n) is 2.79. The Morgan fingerprint density at radius 1 is 1.18 bits per heavy atom. The van der Waals surface area contributed by atoms with E-state index in [1.54, 1.807) is 25.1 Å². The summed E-state index contributed by atoms with van der Waals surface area (Å²) >= 11 is 6.02. The van der Waals surface area contributed by atoms with Gasteiger partial charge in [0.1, 0.15) is 17.6 Å². The van der Waals surface area contributed by atoms with E-state index in [-0.39, 0.29) is 17.3 Å². The molecule has 2 aromatic carbocycles. The molecule has 0 saturated heterocycles. The van der Waals surface area contributed by atoms with Crippen LogP contribution in [-0.2, 0) is 14.8 Å². The highest BCUT2D eigenvalue weighted by Gasteiger charge is 2.32. The van der Waals surface area contributed by atoms with Crippen LogP contribution in [-0.4, -0.2) is 33.7 Å². The highest BCUT2D eigenvalue weighted by Crippen LogP contribution is 2.34. The van der Waals surface area contributed by atoms with E-state index in [0.717, 1.165) is 10.6 Å². The minimum Gasteiger partial charge on any atom is -0.495 e. The molecule has 0 aromatic heterocycles. The molecule has 0 aliphatic heterocycles.